The van der Waals surface area contributed by atoms with Gasteiger partial charge in [0, 0.05) is 13.0 Å². The Morgan fingerprint density at radius 2 is 1.40 bits per heavy atom. The summed E-state index contributed by atoms with van der Waals surface area (Å²) in [5, 5.41) is 27.7. The fourth-order valence-electron chi connectivity index (χ4n) is 3.65. The number of nitrogens with zero attached hydrogens (tertiary/aromatic N) is 1. The summed E-state index contributed by atoms with van der Waals surface area (Å²) in [6.45, 7) is 3.59. The first kappa shape index (κ1) is 38.0. The molecule has 0 aliphatic rings. The molecule has 14 N–H and O–H groups in total. The van der Waals surface area contributed by atoms with Crippen molar-refractivity contribution in [1.82, 2.24) is 21.3 Å². The average Bonchev–Trinajstić information content (AvgIpc) is 2.93. The zero-order valence-corrected chi connectivity index (χ0v) is 24.3. The first-order valence-corrected chi connectivity index (χ1v) is 13.9. The summed E-state index contributed by atoms with van der Waals surface area (Å²) in [4.78, 5) is 77.1. The van der Waals surface area contributed by atoms with E-state index in [-0.39, 0.29) is 37.7 Å². The third kappa shape index (κ3) is 16.3. The number of aliphatic carboxylic acids is 2. The summed E-state index contributed by atoms with van der Waals surface area (Å²) in [5.41, 5.74) is 22.3. The third-order valence-corrected chi connectivity index (χ3v) is 6.42. The zero-order valence-electron chi connectivity index (χ0n) is 24.3. The second-order valence-corrected chi connectivity index (χ2v) is 9.88. The number of nitrogens with two attached hydrogens (primary N) is 4. The number of carboxylic acids is 2. The lowest BCUT2D eigenvalue weighted by Crippen LogP contribution is -2.57. The molecule has 4 amide bonds. The van der Waals surface area contributed by atoms with Crippen LogP contribution in [-0.4, -0.2) is 95.5 Å². The number of guanidine groups is 1. The number of unbranched alkanes of at least 4 members (excludes halogenated alkanes) is 1. The second kappa shape index (κ2) is 20.8. The van der Waals surface area contributed by atoms with Crippen molar-refractivity contribution < 1.29 is 39.0 Å². The van der Waals surface area contributed by atoms with Gasteiger partial charge in [0.2, 0.25) is 23.6 Å². The summed E-state index contributed by atoms with van der Waals surface area (Å²) >= 11 is 0. The number of aliphatic imine (C=N–C) groups is 1. The monoisotopic (exact) mass is 601 g/mol. The molecule has 17 heteroatoms. The molecule has 0 aromatic rings. The predicted molar refractivity (Wildman–Crippen MR) is 154 cm³/mol. The van der Waals surface area contributed by atoms with Crippen LogP contribution in [0, 0.1) is 5.92 Å². The minimum absolute atomic E-state index is 0.129. The van der Waals surface area contributed by atoms with Crippen molar-refractivity contribution in [3.05, 3.63) is 0 Å². The Labute approximate surface area is 245 Å². The second-order valence-electron chi connectivity index (χ2n) is 9.88. The van der Waals surface area contributed by atoms with E-state index in [1.165, 1.54) is 0 Å². The SMILES string of the molecule is CC[C@H](C)[C@H](N)C(=O)N[C@@H](CCCN=C(N)N)C(=O)N[C@@H](CCCCN)C(=O)NCC(=O)N[C@@H](CCC(=O)O)C(=O)O. The number of carboxylic acid groups (broad SMARTS) is 2. The van der Waals surface area contributed by atoms with Crippen molar-refractivity contribution in [1.29, 1.82) is 0 Å². The minimum atomic E-state index is -1.46. The van der Waals surface area contributed by atoms with Crippen molar-refractivity contribution in [3.8, 4) is 0 Å². The lowest BCUT2D eigenvalue weighted by Gasteiger charge is -2.25. The molecule has 240 valence electrons. The average molecular weight is 602 g/mol. The van der Waals surface area contributed by atoms with Gasteiger partial charge in [-0.3, -0.25) is 29.0 Å². The molecule has 0 unspecified atom stereocenters. The first-order chi connectivity index (χ1) is 19.7. The molecule has 0 bridgehead atoms. The quantitative estimate of drug-likeness (QED) is 0.0338. The van der Waals surface area contributed by atoms with Crippen LogP contribution in [0.5, 0.6) is 0 Å². The van der Waals surface area contributed by atoms with E-state index in [0.29, 0.717) is 32.2 Å². The maximum Gasteiger partial charge on any atom is 0.326 e. The van der Waals surface area contributed by atoms with Crippen LogP contribution in [0.2, 0.25) is 0 Å². The number of carbonyl (C=O) groups is 6. The van der Waals surface area contributed by atoms with Gasteiger partial charge in [-0.25, -0.2) is 4.79 Å². The van der Waals surface area contributed by atoms with Crippen molar-refractivity contribution >= 4 is 41.5 Å². The molecule has 0 rings (SSSR count). The zero-order chi connectivity index (χ0) is 32.2. The molecule has 0 aromatic carbocycles. The number of hydrogen-bond donors (Lipinski definition) is 10. The largest absolute Gasteiger partial charge is 0.481 e. The summed E-state index contributed by atoms with van der Waals surface area (Å²) in [5.74, 6) is -5.73. The molecule has 0 fully saturated rings. The van der Waals surface area contributed by atoms with Crippen LogP contribution in [-0.2, 0) is 28.8 Å². The van der Waals surface area contributed by atoms with Gasteiger partial charge >= 0.3 is 11.9 Å². The number of carbonyl (C=O) groups excluding carboxylic acids is 4. The lowest BCUT2D eigenvalue weighted by atomic mass is 9.98. The molecule has 0 saturated carbocycles. The molecule has 42 heavy (non-hydrogen) atoms. The van der Waals surface area contributed by atoms with E-state index in [0.717, 1.165) is 0 Å². The van der Waals surface area contributed by atoms with E-state index in [2.05, 4.69) is 26.3 Å². The van der Waals surface area contributed by atoms with Crippen LogP contribution < -0.4 is 44.2 Å². The van der Waals surface area contributed by atoms with E-state index >= 15 is 0 Å². The highest BCUT2D eigenvalue weighted by atomic mass is 16.4. The summed E-state index contributed by atoms with van der Waals surface area (Å²) < 4.78 is 0. The molecule has 0 spiro atoms. The summed E-state index contributed by atoms with van der Waals surface area (Å²) in [7, 11) is 0. The van der Waals surface area contributed by atoms with E-state index in [4.69, 9.17) is 28.0 Å². The predicted octanol–water partition coefficient (Wildman–Crippen LogP) is -2.94. The lowest BCUT2D eigenvalue weighted by molar-refractivity contribution is -0.143. The molecule has 0 saturated heterocycles. The normalized spacial score (nSPS) is 14.3. The molecule has 0 aliphatic carbocycles. The molecular formula is C25H47N9O8. The Morgan fingerprint density at radius 3 is 1.95 bits per heavy atom. The number of nitrogens with one attached hydrogen (secondary N) is 4. The van der Waals surface area contributed by atoms with E-state index in [1.807, 2.05) is 6.92 Å². The van der Waals surface area contributed by atoms with Gasteiger partial charge < -0.3 is 54.4 Å². The number of amides is 4. The standard InChI is InChI=1S/C25H47N9O8/c1-3-14(2)20(27)23(40)34-16(8-6-12-30-25(28)29)22(39)33-15(7-4-5-11-26)21(38)31-13-18(35)32-17(24(41)42)9-10-19(36)37/h14-17,20H,3-13,26-27H2,1-2H3,(H,31,38)(H,32,35)(H,33,39)(H,34,40)(H,36,37)(H,41,42)(H4,28,29,30)/t14-,15-,16-,17-,20-/m0/s1. The Bertz CT molecular complexity index is 943. The molecule has 17 nitrogen and oxygen atoms in total. The van der Waals surface area contributed by atoms with Crippen molar-refractivity contribution in [2.24, 2.45) is 33.8 Å². The molecular weight excluding hydrogens is 554 g/mol. The Morgan fingerprint density at radius 1 is 0.810 bits per heavy atom. The number of rotatable bonds is 22. The Balaban J connectivity index is 5.53. The van der Waals surface area contributed by atoms with Gasteiger partial charge in [0.15, 0.2) is 5.96 Å². The van der Waals surface area contributed by atoms with Gasteiger partial charge in [-0.1, -0.05) is 20.3 Å². The van der Waals surface area contributed by atoms with Gasteiger partial charge in [0.05, 0.1) is 12.6 Å². The first-order valence-electron chi connectivity index (χ1n) is 13.9. The van der Waals surface area contributed by atoms with E-state index < -0.39 is 72.7 Å². The minimum Gasteiger partial charge on any atom is -0.481 e. The molecule has 0 aliphatic heterocycles. The maximum absolute atomic E-state index is 13.3. The van der Waals surface area contributed by atoms with Crippen LogP contribution in [0.3, 0.4) is 0 Å². The number of hydrogen-bond acceptors (Lipinski definition) is 9. The fraction of sp³-hybridized carbons (Fsp3) is 0.720. The topological polar surface area (TPSA) is 307 Å². The molecule has 0 heterocycles. The van der Waals surface area contributed by atoms with Crippen molar-refractivity contribution in [2.45, 2.75) is 89.4 Å². The van der Waals surface area contributed by atoms with Gasteiger partial charge in [-0.15, -0.1) is 0 Å². The highest BCUT2D eigenvalue weighted by molar-refractivity contribution is 5.94. The van der Waals surface area contributed by atoms with Gasteiger partial charge in [0.1, 0.15) is 18.1 Å². The van der Waals surface area contributed by atoms with E-state index in [1.54, 1.807) is 6.92 Å². The Hall–Kier alpha value is -3.99. The van der Waals surface area contributed by atoms with Crippen LogP contribution in [0.15, 0.2) is 4.99 Å². The highest BCUT2D eigenvalue weighted by Crippen LogP contribution is 2.08. The van der Waals surface area contributed by atoms with Crippen LogP contribution in [0.1, 0.15) is 65.2 Å². The van der Waals surface area contributed by atoms with Crippen molar-refractivity contribution in [2.75, 3.05) is 19.6 Å². The Kier molecular flexibility index (Phi) is 18.8. The van der Waals surface area contributed by atoms with Gasteiger partial charge in [-0.2, -0.15) is 0 Å². The van der Waals surface area contributed by atoms with E-state index in [9.17, 15) is 33.9 Å². The summed E-state index contributed by atoms with van der Waals surface area (Å²) in [6, 6.07) is -4.51. The smallest absolute Gasteiger partial charge is 0.326 e. The fourth-order valence-corrected chi connectivity index (χ4v) is 3.65. The molecule has 0 radical (unpaired) electrons. The maximum atomic E-state index is 13.3. The highest BCUT2D eigenvalue weighted by Gasteiger charge is 2.29. The summed E-state index contributed by atoms with van der Waals surface area (Å²) in [6.07, 6.45) is 1.43. The van der Waals surface area contributed by atoms with Crippen LogP contribution >= 0.6 is 0 Å². The third-order valence-electron chi connectivity index (χ3n) is 6.42. The molecule has 5 atom stereocenters. The van der Waals surface area contributed by atoms with Gasteiger partial charge in [0.25, 0.3) is 0 Å². The van der Waals surface area contributed by atoms with Gasteiger partial charge in [-0.05, 0) is 51.0 Å². The van der Waals surface area contributed by atoms with Crippen LogP contribution in [0.4, 0.5) is 0 Å². The van der Waals surface area contributed by atoms with Crippen LogP contribution in [0.25, 0.3) is 0 Å². The van der Waals surface area contributed by atoms with Crippen molar-refractivity contribution in [3.63, 3.8) is 0 Å². The molecule has 0 aromatic heterocycles.